The van der Waals surface area contributed by atoms with E-state index in [9.17, 15) is 18.7 Å². The van der Waals surface area contributed by atoms with E-state index in [1.165, 1.54) is 12.1 Å². The fourth-order valence-corrected chi connectivity index (χ4v) is 1.77. The Kier molecular flexibility index (Phi) is 4.46. The first-order valence-corrected chi connectivity index (χ1v) is 6.19. The Morgan fingerprint density at radius 1 is 1.38 bits per heavy atom. The summed E-state index contributed by atoms with van der Waals surface area (Å²) in [5, 5.41) is 16.2. The first kappa shape index (κ1) is 14.9. The van der Waals surface area contributed by atoms with E-state index < -0.39 is 23.8 Å². The fourth-order valence-electron chi connectivity index (χ4n) is 1.77. The molecule has 21 heavy (non-hydrogen) atoms. The summed E-state index contributed by atoms with van der Waals surface area (Å²) in [6.07, 6.45) is -2.91. The molecule has 0 bridgehead atoms. The summed E-state index contributed by atoms with van der Waals surface area (Å²) in [6.45, 7) is 1.64. The average Bonchev–Trinajstić information content (AvgIpc) is 2.85. The number of alkyl halides is 2. The number of esters is 1. The Labute approximate surface area is 119 Å². The van der Waals surface area contributed by atoms with Crippen molar-refractivity contribution in [3.05, 3.63) is 41.2 Å². The minimum Gasteiger partial charge on any atom is -0.508 e. The van der Waals surface area contributed by atoms with E-state index in [4.69, 9.17) is 0 Å². The molecule has 1 N–H and O–H groups in total. The molecule has 0 aliphatic heterocycles. The van der Waals surface area contributed by atoms with Gasteiger partial charge in [-0.05, 0) is 24.6 Å². The third kappa shape index (κ3) is 3.33. The quantitative estimate of drug-likeness (QED) is 0.856. The molecule has 1 aromatic carbocycles. The number of halogens is 2. The second kappa shape index (κ2) is 6.29. The number of ether oxygens (including phenoxy) is 1. The van der Waals surface area contributed by atoms with Crippen molar-refractivity contribution in [3.63, 3.8) is 0 Å². The molecule has 0 aliphatic rings. The summed E-state index contributed by atoms with van der Waals surface area (Å²) in [6, 6.07) is 5.99. The van der Waals surface area contributed by atoms with Crippen LogP contribution in [0.2, 0.25) is 0 Å². The van der Waals surface area contributed by atoms with Crippen LogP contribution in [0.5, 0.6) is 5.75 Å². The van der Waals surface area contributed by atoms with Gasteiger partial charge in [-0.15, -0.1) is 5.10 Å². The van der Waals surface area contributed by atoms with Gasteiger partial charge in [0.05, 0.1) is 13.2 Å². The molecule has 2 rings (SSSR count). The van der Waals surface area contributed by atoms with Crippen molar-refractivity contribution >= 4 is 5.97 Å². The Balaban J connectivity index is 2.31. The highest BCUT2D eigenvalue weighted by atomic mass is 19.3. The molecular weight excluding hydrogens is 284 g/mol. The lowest BCUT2D eigenvalue weighted by molar-refractivity contribution is 0.0506. The number of aromatic nitrogens is 3. The molecule has 0 fully saturated rings. The normalized spacial score (nSPS) is 10.9. The van der Waals surface area contributed by atoms with Gasteiger partial charge in [0.25, 0.3) is 6.43 Å². The second-order valence-electron chi connectivity index (χ2n) is 4.17. The minimum absolute atomic E-state index is 0.00631. The third-order valence-corrected chi connectivity index (χ3v) is 2.72. The Morgan fingerprint density at radius 3 is 2.62 bits per heavy atom. The molecule has 1 heterocycles. The van der Waals surface area contributed by atoms with Crippen LogP contribution in [0.1, 0.15) is 35.1 Å². The maximum atomic E-state index is 13.1. The van der Waals surface area contributed by atoms with E-state index >= 15 is 0 Å². The molecule has 0 saturated carbocycles. The van der Waals surface area contributed by atoms with Crippen LogP contribution in [0.15, 0.2) is 24.3 Å². The maximum Gasteiger partial charge on any atom is 0.361 e. The van der Waals surface area contributed by atoms with Gasteiger partial charge in [0.15, 0.2) is 5.69 Å². The van der Waals surface area contributed by atoms with Crippen molar-refractivity contribution in [1.29, 1.82) is 0 Å². The van der Waals surface area contributed by atoms with Crippen LogP contribution in [-0.2, 0) is 11.3 Å². The zero-order chi connectivity index (χ0) is 15.4. The summed E-state index contributed by atoms with van der Waals surface area (Å²) in [5.41, 5.74) is -0.429. The molecule has 6 nitrogen and oxygen atoms in total. The van der Waals surface area contributed by atoms with Crippen molar-refractivity contribution in [2.45, 2.75) is 19.9 Å². The second-order valence-corrected chi connectivity index (χ2v) is 4.17. The van der Waals surface area contributed by atoms with Crippen LogP contribution in [0.4, 0.5) is 8.78 Å². The van der Waals surface area contributed by atoms with Crippen LogP contribution in [0.25, 0.3) is 0 Å². The Bertz CT molecular complexity index is 626. The topological polar surface area (TPSA) is 77.2 Å². The largest absolute Gasteiger partial charge is 0.508 e. The molecular formula is C13H13F2N3O3. The molecule has 8 heteroatoms. The zero-order valence-corrected chi connectivity index (χ0v) is 11.2. The molecule has 2 aromatic rings. The highest BCUT2D eigenvalue weighted by Gasteiger charge is 2.27. The van der Waals surface area contributed by atoms with Gasteiger partial charge in [-0.3, -0.25) is 0 Å². The number of carbonyl (C=O) groups excluding carboxylic acids is 1. The van der Waals surface area contributed by atoms with Gasteiger partial charge in [0.2, 0.25) is 0 Å². The summed E-state index contributed by atoms with van der Waals surface area (Å²) in [5.74, 6) is -0.858. The SMILES string of the molecule is CCOC(=O)c1nnn(Cc2ccc(O)cc2)c1C(F)F. The number of nitrogens with zero attached hydrogens (tertiary/aromatic N) is 3. The van der Waals surface area contributed by atoms with Gasteiger partial charge < -0.3 is 9.84 Å². The van der Waals surface area contributed by atoms with Crippen molar-refractivity contribution in [2.75, 3.05) is 6.61 Å². The first-order chi connectivity index (χ1) is 10.0. The lowest BCUT2D eigenvalue weighted by Gasteiger charge is -2.07. The van der Waals surface area contributed by atoms with Gasteiger partial charge >= 0.3 is 5.97 Å². The van der Waals surface area contributed by atoms with Crippen LogP contribution >= 0.6 is 0 Å². The van der Waals surface area contributed by atoms with Gasteiger partial charge in [-0.2, -0.15) is 0 Å². The van der Waals surface area contributed by atoms with Crippen LogP contribution in [0, 0.1) is 0 Å². The molecule has 0 unspecified atom stereocenters. The van der Waals surface area contributed by atoms with E-state index in [1.54, 1.807) is 19.1 Å². The number of rotatable bonds is 5. The van der Waals surface area contributed by atoms with E-state index in [-0.39, 0.29) is 18.9 Å². The van der Waals surface area contributed by atoms with E-state index in [0.29, 0.717) is 5.56 Å². The summed E-state index contributed by atoms with van der Waals surface area (Å²) in [7, 11) is 0. The Morgan fingerprint density at radius 2 is 2.05 bits per heavy atom. The Hall–Kier alpha value is -2.51. The number of carbonyl (C=O) groups is 1. The van der Waals surface area contributed by atoms with E-state index in [1.807, 2.05) is 0 Å². The van der Waals surface area contributed by atoms with E-state index in [0.717, 1.165) is 4.68 Å². The van der Waals surface area contributed by atoms with Crippen molar-refractivity contribution < 1.29 is 23.4 Å². The van der Waals surface area contributed by atoms with Gasteiger partial charge in [0, 0.05) is 0 Å². The molecule has 112 valence electrons. The monoisotopic (exact) mass is 297 g/mol. The standard InChI is InChI=1S/C13H13F2N3O3/c1-2-21-13(20)10-11(12(14)15)18(17-16-10)7-8-3-5-9(19)6-4-8/h3-6,12,19H,2,7H2,1H3. The smallest absolute Gasteiger partial charge is 0.361 e. The van der Waals surface area contributed by atoms with Crippen LogP contribution in [0.3, 0.4) is 0 Å². The predicted octanol–water partition coefficient (Wildman–Crippen LogP) is 2.15. The number of aromatic hydroxyl groups is 1. The summed E-state index contributed by atoms with van der Waals surface area (Å²) in [4.78, 5) is 11.6. The van der Waals surface area contributed by atoms with Crippen LogP contribution in [-0.4, -0.2) is 32.7 Å². The number of phenols is 1. The maximum absolute atomic E-state index is 13.1. The molecule has 0 amide bonds. The van der Waals surface area contributed by atoms with Crippen molar-refractivity contribution in [3.8, 4) is 5.75 Å². The van der Waals surface area contributed by atoms with Crippen molar-refractivity contribution in [2.24, 2.45) is 0 Å². The number of benzene rings is 1. The average molecular weight is 297 g/mol. The molecule has 0 spiro atoms. The molecule has 0 radical (unpaired) electrons. The minimum atomic E-state index is -2.91. The molecule has 0 atom stereocenters. The number of hydrogen-bond acceptors (Lipinski definition) is 5. The zero-order valence-electron chi connectivity index (χ0n) is 11.2. The van der Waals surface area contributed by atoms with Gasteiger partial charge in [0.1, 0.15) is 11.4 Å². The lowest BCUT2D eigenvalue weighted by atomic mass is 10.2. The predicted molar refractivity (Wildman–Crippen MR) is 68.1 cm³/mol. The third-order valence-electron chi connectivity index (χ3n) is 2.72. The van der Waals surface area contributed by atoms with Gasteiger partial charge in [-0.25, -0.2) is 18.3 Å². The first-order valence-electron chi connectivity index (χ1n) is 6.19. The van der Waals surface area contributed by atoms with Gasteiger partial charge in [-0.1, -0.05) is 17.3 Å². The van der Waals surface area contributed by atoms with Crippen molar-refractivity contribution in [1.82, 2.24) is 15.0 Å². The number of phenolic OH excluding ortho intramolecular Hbond substituents is 1. The molecule has 0 aliphatic carbocycles. The molecule has 0 saturated heterocycles. The summed E-state index contributed by atoms with van der Waals surface area (Å²) >= 11 is 0. The molecule has 1 aromatic heterocycles. The highest BCUT2D eigenvalue weighted by Crippen LogP contribution is 2.23. The lowest BCUT2D eigenvalue weighted by Crippen LogP contribution is -2.12. The van der Waals surface area contributed by atoms with E-state index in [2.05, 4.69) is 15.0 Å². The highest BCUT2D eigenvalue weighted by molar-refractivity contribution is 5.88. The van der Waals surface area contributed by atoms with Crippen LogP contribution < -0.4 is 0 Å². The summed E-state index contributed by atoms with van der Waals surface area (Å²) < 4.78 is 31.9. The number of hydrogen-bond donors (Lipinski definition) is 1. The fraction of sp³-hybridized carbons (Fsp3) is 0.308.